The van der Waals surface area contributed by atoms with Crippen LogP contribution in [-0.2, 0) is 0 Å². The molecule has 0 radical (unpaired) electrons. The maximum absolute atomic E-state index is 5.77. The Morgan fingerprint density at radius 1 is 1.31 bits per heavy atom. The molecule has 1 saturated heterocycles. The molecule has 1 aliphatic rings. The van der Waals surface area contributed by atoms with Crippen molar-refractivity contribution in [1.82, 2.24) is 4.90 Å². The molecule has 1 atom stereocenters. The largest absolute Gasteiger partial charge is 0.493 e. The zero-order valence-corrected chi connectivity index (χ0v) is 10.6. The molecule has 0 aliphatic carbocycles. The van der Waals surface area contributed by atoms with Gasteiger partial charge in [0.1, 0.15) is 5.75 Å². The first-order valence-electron chi connectivity index (χ1n) is 5.71. The van der Waals surface area contributed by atoms with Crippen LogP contribution >= 0.6 is 12.4 Å². The van der Waals surface area contributed by atoms with E-state index in [-0.39, 0.29) is 12.4 Å². The number of piperidine rings is 1. The molecule has 1 fully saturated rings. The summed E-state index contributed by atoms with van der Waals surface area (Å²) in [6, 6.07) is 10.1. The number of nitrogens with zero attached hydrogens (tertiary/aromatic N) is 1. The maximum atomic E-state index is 5.77. The third kappa shape index (κ3) is 4.03. The Labute approximate surface area is 104 Å². The Hall–Kier alpha value is -0.730. The minimum atomic E-state index is 0. The Balaban J connectivity index is 0.00000128. The fraction of sp³-hybridized carbons (Fsp3) is 0.538. The molecule has 0 saturated carbocycles. The lowest BCUT2D eigenvalue weighted by atomic mass is 10.00. The van der Waals surface area contributed by atoms with Gasteiger partial charge in [-0.1, -0.05) is 18.2 Å². The molecule has 1 aliphatic heterocycles. The molecule has 2 nitrogen and oxygen atoms in total. The molecule has 1 unspecified atom stereocenters. The van der Waals surface area contributed by atoms with Crippen molar-refractivity contribution in [3.63, 3.8) is 0 Å². The molecule has 0 N–H and O–H groups in total. The van der Waals surface area contributed by atoms with E-state index < -0.39 is 0 Å². The van der Waals surface area contributed by atoms with Gasteiger partial charge in [-0.2, -0.15) is 0 Å². The molecule has 0 bridgehead atoms. The van der Waals surface area contributed by atoms with Gasteiger partial charge in [0.05, 0.1) is 6.61 Å². The van der Waals surface area contributed by atoms with Gasteiger partial charge in [-0.15, -0.1) is 12.4 Å². The standard InChI is InChI=1S/C13H19NO.ClH/c1-14-9-5-6-12(10-14)11-15-13-7-3-2-4-8-13;/h2-4,7-8,12H,5-6,9-11H2,1H3;1H. The Morgan fingerprint density at radius 3 is 2.75 bits per heavy atom. The maximum Gasteiger partial charge on any atom is 0.119 e. The number of benzene rings is 1. The van der Waals surface area contributed by atoms with Crippen LogP contribution in [0.5, 0.6) is 5.75 Å². The quantitative estimate of drug-likeness (QED) is 0.807. The smallest absolute Gasteiger partial charge is 0.119 e. The molecular formula is C13H20ClNO. The van der Waals surface area contributed by atoms with Gasteiger partial charge in [-0.25, -0.2) is 0 Å². The topological polar surface area (TPSA) is 12.5 Å². The second-order valence-corrected chi connectivity index (χ2v) is 4.39. The van der Waals surface area contributed by atoms with Gasteiger partial charge >= 0.3 is 0 Å². The van der Waals surface area contributed by atoms with E-state index in [0.29, 0.717) is 5.92 Å². The summed E-state index contributed by atoms with van der Waals surface area (Å²) >= 11 is 0. The summed E-state index contributed by atoms with van der Waals surface area (Å²) in [4.78, 5) is 2.39. The summed E-state index contributed by atoms with van der Waals surface area (Å²) in [5.41, 5.74) is 0. The third-order valence-electron chi connectivity index (χ3n) is 2.95. The van der Waals surface area contributed by atoms with E-state index in [2.05, 4.69) is 11.9 Å². The normalized spacial score (nSPS) is 21.2. The molecule has 16 heavy (non-hydrogen) atoms. The van der Waals surface area contributed by atoms with Crippen molar-refractivity contribution in [3.05, 3.63) is 30.3 Å². The Bertz CT molecular complexity index is 291. The fourth-order valence-electron chi connectivity index (χ4n) is 2.14. The number of hydrogen-bond acceptors (Lipinski definition) is 2. The lowest BCUT2D eigenvalue weighted by Gasteiger charge is -2.29. The number of para-hydroxylation sites is 1. The van der Waals surface area contributed by atoms with Crippen molar-refractivity contribution in [2.24, 2.45) is 5.92 Å². The minimum absolute atomic E-state index is 0. The molecule has 3 heteroatoms. The van der Waals surface area contributed by atoms with Crippen LogP contribution in [-0.4, -0.2) is 31.6 Å². The molecule has 2 rings (SSSR count). The van der Waals surface area contributed by atoms with Crippen LogP contribution in [0, 0.1) is 5.92 Å². The molecule has 1 aromatic carbocycles. The molecule has 0 aromatic heterocycles. The van der Waals surface area contributed by atoms with E-state index >= 15 is 0 Å². The minimum Gasteiger partial charge on any atom is -0.493 e. The number of likely N-dealkylation sites (tertiary alicyclic amines) is 1. The second-order valence-electron chi connectivity index (χ2n) is 4.39. The van der Waals surface area contributed by atoms with Crippen molar-refractivity contribution in [3.8, 4) is 5.75 Å². The van der Waals surface area contributed by atoms with E-state index in [9.17, 15) is 0 Å². The van der Waals surface area contributed by atoms with Crippen molar-refractivity contribution in [2.75, 3.05) is 26.7 Å². The lowest BCUT2D eigenvalue weighted by molar-refractivity contribution is 0.150. The van der Waals surface area contributed by atoms with Crippen molar-refractivity contribution >= 4 is 12.4 Å². The van der Waals surface area contributed by atoms with Crippen LogP contribution in [0.3, 0.4) is 0 Å². The van der Waals surface area contributed by atoms with Crippen LogP contribution in [0.1, 0.15) is 12.8 Å². The average molecular weight is 242 g/mol. The number of hydrogen-bond donors (Lipinski definition) is 0. The van der Waals surface area contributed by atoms with Gasteiger partial charge in [0.15, 0.2) is 0 Å². The van der Waals surface area contributed by atoms with E-state index in [4.69, 9.17) is 4.74 Å². The summed E-state index contributed by atoms with van der Waals surface area (Å²) in [7, 11) is 2.19. The van der Waals surface area contributed by atoms with Crippen LogP contribution in [0.15, 0.2) is 30.3 Å². The van der Waals surface area contributed by atoms with Crippen LogP contribution in [0.2, 0.25) is 0 Å². The van der Waals surface area contributed by atoms with Gasteiger partial charge < -0.3 is 9.64 Å². The highest BCUT2D eigenvalue weighted by molar-refractivity contribution is 5.85. The molecular weight excluding hydrogens is 222 g/mol. The third-order valence-corrected chi connectivity index (χ3v) is 2.95. The summed E-state index contributed by atoms with van der Waals surface area (Å²) < 4.78 is 5.77. The summed E-state index contributed by atoms with van der Waals surface area (Å²) in [6.45, 7) is 3.27. The van der Waals surface area contributed by atoms with Gasteiger partial charge in [0, 0.05) is 12.5 Å². The van der Waals surface area contributed by atoms with E-state index in [1.54, 1.807) is 0 Å². The highest BCUT2D eigenvalue weighted by Gasteiger charge is 2.17. The summed E-state index contributed by atoms with van der Waals surface area (Å²) in [5, 5.41) is 0. The van der Waals surface area contributed by atoms with Gasteiger partial charge in [-0.05, 0) is 38.6 Å². The highest BCUT2D eigenvalue weighted by Crippen LogP contribution is 2.17. The first-order valence-corrected chi connectivity index (χ1v) is 5.71. The lowest BCUT2D eigenvalue weighted by Crippen LogP contribution is -2.34. The highest BCUT2D eigenvalue weighted by atomic mass is 35.5. The molecule has 90 valence electrons. The van der Waals surface area contributed by atoms with Crippen LogP contribution < -0.4 is 4.74 Å². The first kappa shape index (κ1) is 13.3. The Kier molecular flexibility index (Phi) is 5.64. The summed E-state index contributed by atoms with van der Waals surface area (Å²) in [6.07, 6.45) is 2.61. The van der Waals surface area contributed by atoms with E-state index in [0.717, 1.165) is 12.4 Å². The van der Waals surface area contributed by atoms with Crippen molar-refractivity contribution in [2.45, 2.75) is 12.8 Å². The van der Waals surface area contributed by atoms with E-state index in [1.807, 2.05) is 30.3 Å². The number of rotatable bonds is 3. The average Bonchev–Trinajstić information content (AvgIpc) is 2.28. The second kappa shape index (κ2) is 6.77. The monoisotopic (exact) mass is 241 g/mol. The fourth-order valence-corrected chi connectivity index (χ4v) is 2.14. The van der Waals surface area contributed by atoms with Gasteiger partial charge in [0.25, 0.3) is 0 Å². The van der Waals surface area contributed by atoms with Crippen LogP contribution in [0.4, 0.5) is 0 Å². The zero-order chi connectivity index (χ0) is 10.5. The Morgan fingerprint density at radius 2 is 2.06 bits per heavy atom. The van der Waals surface area contributed by atoms with Crippen molar-refractivity contribution in [1.29, 1.82) is 0 Å². The molecule has 0 amide bonds. The van der Waals surface area contributed by atoms with Crippen molar-refractivity contribution < 1.29 is 4.74 Å². The van der Waals surface area contributed by atoms with Crippen LogP contribution in [0.25, 0.3) is 0 Å². The molecule has 1 aromatic rings. The van der Waals surface area contributed by atoms with E-state index in [1.165, 1.54) is 25.9 Å². The SMILES string of the molecule is CN1CCCC(COc2ccccc2)C1.Cl. The van der Waals surface area contributed by atoms with Gasteiger partial charge in [-0.3, -0.25) is 0 Å². The predicted octanol–water partition coefficient (Wildman–Crippen LogP) is 2.83. The number of ether oxygens (including phenoxy) is 1. The number of halogens is 1. The van der Waals surface area contributed by atoms with Gasteiger partial charge in [0.2, 0.25) is 0 Å². The zero-order valence-electron chi connectivity index (χ0n) is 9.76. The molecule has 1 heterocycles. The first-order chi connectivity index (χ1) is 7.34. The summed E-state index contributed by atoms with van der Waals surface area (Å²) in [5.74, 6) is 1.69. The predicted molar refractivity (Wildman–Crippen MR) is 69.4 cm³/mol. The molecule has 0 spiro atoms.